The number of Topliss-reactive ketones (excluding diaryl/α,β-unsaturated/α-hetero) is 1. The maximum Gasteiger partial charge on any atom is 0.184 e. The molecular formula is C15H8Br2FNO. The van der Waals surface area contributed by atoms with E-state index in [1.807, 2.05) is 6.07 Å². The lowest BCUT2D eigenvalue weighted by molar-refractivity contribution is 0.0978. The fourth-order valence-corrected chi connectivity index (χ4v) is 2.69. The van der Waals surface area contributed by atoms with Gasteiger partial charge in [0.1, 0.15) is 11.7 Å². The predicted molar refractivity (Wildman–Crippen MR) is 80.9 cm³/mol. The molecule has 5 heteroatoms. The Bertz CT molecular complexity index is 709. The molecule has 0 saturated heterocycles. The summed E-state index contributed by atoms with van der Waals surface area (Å²) in [6, 6.07) is 13.0. The molecule has 20 heavy (non-hydrogen) atoms. The van der Waals surface area contributed by atoms with Crippen LogP contribution in [0.2, 0.25) is 0 Å². The highest BCUT2D eigenvalue weighted by molar-refractivity contribution is 9.10. The molecule has 1 atom stereocenters. The molecule has 0 spiro atoms. The van der Waals surface area contributed by atoms with Gasteiger partial charge in [0.05, 0.1) is 10.5 Å². The largest absolute Gasteiger partial charge is 0.292 e. The van der Waals surface area contributed by atoms with E-state index in [0.717, 1.165) is 0 Å². The Labute approximate surface area is 132 Å². The Balaban J connectivity index is 2.42. The van der Waals surface area contributed by atoms with E-state index in [-0.39, 0.29) is 10.3 Å². The minimum atomic E-state index is -0.928. The molecule has 2 rings (SSSR count). The van der Waals surface area contributed by atoms with Crippen molar-refractivity contribution in [3.63, 3.8) is 0 Å². The summed E-state index contributed by atoms with van der Waals surface area (Å²) < 4.78 is 14.1. The minimum Gasteiger partial charge on any atom is -0.292 e. The lowest BCUT2D eigenvalue weighted by Gasteiger charge is -2.11. The topological polar surface area (TPSA) is 40.9 Å². The first-order valence-electron chi connectivity index (χ1n) is 5.68. The van der Waals surface area contributed by atoms with Crippen LogP contribution in [-0.4, -0.2) is 5.78 Å². The average molecular weight is 397 g/mol. The molecule has 0 N–H and O–H groups in total. The van der Waals surface area contributed by atoms with Crippen LogP contribution in [0, 0.1) is 17.1 Å². The van der Waals surface area contributed by atoms with Gasteiger partial charge >= 0.3 is 0 Å². The van der Waals surface area contributed by atoms with E-state index in [4.69, 9.17) is 0 Å². The highest BCUT2D eigenvalue weighted by atomic mass is 79.9. The van der Waals surface area contributed by atoms with Crippen LogP contribution in [0.5, 0.6) is 0 Å². The summed E-state index contributed by atoms with van der Waals surface area (Å²) in [5.74, 6) is -1.74. The van der Waals surface area contributed by atoms with Crippen molar-refractivity contribution in [2.24, 2.45) is 0 Å². The number of carbonyl (C=O) groups excluding carboxylic acids is 1. The molecule has 0 fully saturated rings. The molecule has 100 valence electrons. The fraction of sp³-hybridized carbons (Fsp3) is 0.0667. The highest BCUT2D eigenvalue weighted by Crippen LogP contribution is 2.28. The standard InChI is InChI=1S/C15H8Br2FNO/c16-12-4-2-1-3-10(12)11(8-19)15(20)9-5-6-14(18)13(17)7-9/h1-7,11H. The first-order valence-corrected chi connectivity index (χ1v) is 7.26. The number of hydrogen-bond donors (Lipinski definition) is 0. The number of ketones is 1. The van der Waals surface area contributed by atoms with Gasteiger partial charge < -0.3 is 0 Å². The number of rotatable bonds is 3. The summed E-state index contributed by atoms with van der Waals surface area (Å²) in [5.41, 5.74) is 0.890. The van der Waals surface area contributed by atoms with Crippen molar-refractivity contribution in [3.05, 3.63) is 68.4 Å². The molecule has 2 nitrogen and oxygen atoms in total. The summed E-state index contributed by atoms with van der Waals surface area (Å²) in [5, 5.41) is 9.28. The van der Waals surface area contributed by atoms with Gasteiger partial charge in [-0.3, -0.25) is 4.79 Å². The average Bonchev–Trinajstić information content (AvgIpc) is 2.44. The Kier molecular flexibility index (Phi) is 4.69. The molecule has 1 unspecified atom stereocenters. The van der Waals surface area contributed by atoms with Gasteiger partial charge in [-0.2, -0.15) is 5.26 Å². The SMILES string of the molecule is N#CC(C(=O)c1ccc(F)c(Br)c1)c1ccccc1Br. The van der Waals surface area contributed by atoms with Crippen LogP contribution in [0.4, 0.5) is 4.39 Å². The molecule has 0 radical (unpaired) electrons. The molecule has 0 amide bonds. The van der Waals surface area contributed by atoms with Crippen molar-refractivity contribution in [1.82, 2.24) is 0 Å². The summed E-state index contributed by atoms with van der Waals surface area (Å²) in [6.45, 7) is 0. The number of nitrogens with zero attached hydrogens (tertiary/aromatic N) is 1. The second-order valence-corrected chi connectivity index (χ2v) is 5.79. The second-order valence-electron chi connectivity index (χ2n) is 4.08. The molecule has 0 saturated carbocycles. The van der Waals surface area contributed by atoms with E-state index in [1.165, 1.54) is 18.2 Å². The first kappa shape index (κ1) is 14.9. The van der Waals surface area contributed by atoms with Gasteiger partial charge in [0.15, 0.2) is 5.78 Å². The van der Waals surface area contributed by atoms with Gasteiger partial charge in [0, 0.05) is 10.0 Å². The summed E-state index contributed by atoms with van der Waals surface area (Å²) in [7, 11) is 0. The quantitative estimate of drug-likeness (QED) is 0.696. The zero-order valence-corrected chi connectivity index (χ0v) is 13.3. The molecule has 2 aromatic rings. The van der Waals surface area contributed by atoms with Crippen LogP contribution >= 0.6 is 31.9 Å². The van der Waals surface area contributed by atoms with E-state index in [0.29, 0.717) is 15.6 Å². The number of carbonyl (C=O) groups is 1. The zero-order chi connectivity index (χ0) is 14.7. The van der Waals surface area contributed by atoms with Gasteiger partial charge in [-0.05, 0) is 45.8 Å². The van der Waals surface area contributed by atoms with Crippen molar-refractivity contribution in [2.75, 3.05) is 0 Å². The number of benzene rings is 2. The van der Waals surface area contributed by atoms with Crippen LogP contribution in [-0.2, 0) is 0 Å². The maximum absolute atomic E-state index is 13.2. The monoisotopic (exact) mass is 395 g/mol. The second kappa shape index (κ2) is 6.29. The third-order valence-electron chi connectivity index (χ3n) is 2.81. The summed E-state index contributed by atoms with van der Waals surface area (Å²) >= 11 is 6.37. The number of hydrogen-bond acceptors (Lipinski definition) is 2. The molecule has 0 bridgehead atoms. The van der Waals surface area contributed by atoms with Gasteiger partial charge in [-0.1, -0.05) is 34.1 Å². The third kappa shape index (κ3) is 2.97. The van der Waals surface area contributed by atoms with Gasteiger partial charge in [0.2, 0.25) is 0 Å². The Morgan fingerprint density at radius 1 is 1.15 bits per heavy atom. The molecule has 0 aliphatic heterocycles. The van der Waals surface area contributed by atoms with Crippen molar-refractivity contribution >= 4 is 37.6 Å². The highest BCUT2D eigenvalue weighted by Gasteiger charge is 2.24. The Hall–Kier alpha value is -1.51. The van der Waals surface area contributed by atoms with E-state index >= 15 is 0 Å². The van der Waals surface area contributed by atoms with Crippen molar-refractivity contribution < 1.29 is 9.18 Å². The Morgan fingerprint density at radius 3 is 2.45 bits per heavy atom. The smallest absolute Gasteiger partial charge is 0.184 e. The van der Waals surface area contributed by atoms with Crippen LogP contribution in [0.1, 0.15) is 21.8 Å². The van der Waals surface area contributed by atoms with Crippen LogP contribution in [0.15, 0.2) is 51.4 Å². The molecule has 2 aromatic carbocycles. The summed E-state index contributed by atoms with van der Waals surface area (Å²) in [4.78, 5) is 12.4. The maximum atomic E-state index is 13.2. The summed E-state index contributed by atoms with van der Waals surface area (Å²) in [6.07, 6.45) is 0. The minimum absolute atomic E-state index is 0.201. The first-order chi connectivity index (χ1) is 9.54. The van der Waals surface area contributed by atoms with E-state index in [9.17, 15) is 14.4 Å². The zero-order valence-electron chi connectivity index (χ0n) is 10.1. The van der Waals surface area contributed by atoms with Gasteiger partial charge in [-0.25, -0.2) is 4.39 Å². The van der Waals surface area contributed by atoms with Crippen LogP contribution in [0.25, 0.3) is 0 Å². The van der Waals surface area contributed by atoms with Crippen molar-refractivity contribution in [1.29, 1.82) is 5.26 Å². The molecule has 0 aliphatic rings. The molecule has 0 aromatic heterocycles. The lowest BCUT2D eigenvalue weighted by atomic mass is 9.92. The van der Waals surface area contributed by atoms with Crippen molar-refractivity contribution in [3.8, 4) is 6.07 Å². The number of nitriles is 1. The third-order valence-corrected chi connectivity index (χ3v) is 4.14. The van der Waals surface area contributed by atoms with Crippen LogP contribution < -0.4 is 0 Å². The van der Waals surface area contributed by atoms with Crippen molar-refractivity contribution in [2.45, 2.75) is 5.92 Å². The van der Waals surface area contributed by atoms with Gasteiger partial charge in [-0.15, -0.1) is 0 Å². The van der Waals surface area contributed by atoms with E-state index in [2.05, 4.69) is 31.9 Å². The number of halogens is 3. The normalized spacial score (nSPS) is 11.7. The Morgan fingerprint density at radius 2 is 1.85 bits per heavy atom. The molecule has 0 aliphatic carbocycles. The molecular weight excluding hydrogens is 389 g/mol. The van der Waals surface area contributed by atoms with Gasteiger partial charge in [0.25, 0.3) is 0 Å². The fourth-order valence-electron chi connectivity index (χ4n) is 1.79. The van der Waals surface area contributed by atoms with E-state index < -0.39 is 11.7 Å². The van der Waals surface area contributed by atoms with E-state index in [1.54, 1.807) is 24.3 Å². The lowest BCUT2D eigenvalue weighted by Crippen LogP contribution is -2.12. The molecule has 0 heterocycles. The predicted octanol–water partition coefficient (Wildman–Crippen LogP) is 4.84. The van der Waals surface area contributed by atoms with Crippen LogP contribution in [0.3, 0.4) is 0 Å².